The molecule has 1 aromatic heterocycles. The van der Waals surface area contributed by atoms with E-state index in [0.717, 1.165) is 0 Å². The molecule has 0 N–H and O–H groups in total. The molecule has 166 valence electrons. The first kappa shape index (κ1) is 23.5. The number of aromatic nitrogens is 1. The van der Waals surface area contributed by atoms with Gasteiger partial charge in [-0.1, -0.05) is 37.8 Å². The van der Waals surface area contributed by atoms with Gasteiger partial charge in [0.2, 0.25) is 0 Å². The number of amides is 1. The lowest BCUT2D eigenvalue weighted by Crippen LogP contribution is -2.47. The Morgan fingerprint density at radius 3 is 2.45 bits per heavy atom. The zero-order valence-electron chi connectivity index (χ0n) is 18.8. The van der Waals surface area contributed by atoms with E-state index in [1.165, 1.54) is 16.3 Å². The Balaban J connectivity index is 2.18. The van der Waals surface area contributed by atoms with E-state index in [4.69, 9.17) is 17.0 Å². The van der Waals surface area contributed by atoms with E-state index < -0.39 is 0 Å². The number of rotatable bonds is 4. The van der Waals surface area contributed by atoms with Crippen molar-refractivity contribution in [1.82, 2.24) is 9.47 Å². The quantitative estimate of drug-likeness (QED) is 0.505. The zero-order chi connectivity index (χ0) is 23.0. The van der Waals surface area contributed by atoms with Gasteiger partial charge >= 0.3 is 0 Å². The molecule has 2 saturated heterocycles. The number of nitrogens with zero attached hydrogens (tertiary/aromatic N) is 4. The summed E-state index contributed by atoms with van der Waals surface area (Å²) in [4.78, 5) is 30.2. The van der Waals surface area contributed by atoms with Crippen molar-refractivity contribution in [3.63, 3.8) is 0 Å². The molecule has 7 nitrogen and oxygen atoms in total. The zero-order valence-corrected chi connectivity index (χ0v) is 20.4. The second-order valence-corrected chi connectivity index (χ2v) is 10.2. The predicted octanol–water partition coefficient (Wildman–Crippen LogP) is 3.04. The summed E-state index contributed by atoms with van der Waals surface area (Å²) < 4.78 is 7.90. The highest BCUT2D eigenvalue weighted by Crippen LogP contribution is 2.36. The van der Waals surface area contributed by atoms with Gasteiger partial charge in [0.25, 0.3) is 11.5 Å². The molecular formula is C22H28N4O3S2. The average molecular weight is 461 g/mol. The van der Waals surface area contributed by atoms with Crippen LogP contribution in [0.2, 0.25) is 0 Å². The molecule has 31 heavy (non-hydrogen) atoms. The largest absolute Gasteiger partial charge is 0.372 e. The second kappa shape index (κ2) is 9.15. The van der Waals surface area contributed by atoms with Crippen molar-refractivity contribution >= 4 is 46.1 Å². The van der Waals surface area contributed by atoms with Gasteiger partial charge in [-0.05, 0) is 38.3 Å². The van der Waals surface area contributed by atoms with Crippen LogP contribution in [0, 0.1) is 24.2 Å². The molecule has 1 amide bonds. The Hall–Kier alpha value is -2.15. The van der Waals surface area contributed by atoms with E-state index in [1.807, 2.05) is 33.8 Å². The van der Waals surface area contributed by atoms with Crippen molar-refractivity contribution in [3.05, 3.63) is 31.9 Å². The Morgan fingerprint density at radius 2 is 1.90 bits per heavy atom. The molecule has 0 saturated carbocycles. The first-order valence-corrected chi connectivity index (χ1v) is 11.6. The molecule has 0 bridgehead atoms. The molecule has 1 aromatic rings. The van der Waals surface area contributed by atoms with Crippen LogP contribution in [0.4, 0.5) is 5.82 Å². The monoisotopic (exact) mass is 460 g/mol. The summed E-state index contributed by atoms with van der Waals surface area (Å²) in [6.45, 7) is 11.6. The van der Waals surface area contributed by atoms with Gasteiger partial charge in [-0.2, -0.15) is 5.26 Å². The molecule has 2 aliphatic heterocycles. The maximum absolute atomic E-state index is 13.0. The summed E-state index contributed by atoms with van der Waals surface area (Å²) >= 11 is 6.70. The summed E-state index contributed by atoms with van der Waals surface area (Å²) in [5.74, 6) is 0.848. The van der Waals surface area contributed by atoms with Crippen LogP contribution in [0.3, 0.4) is 0 Å². The maximum atomic E-state index is 13.0. The lowest BCUT2D eigenvalue weighted by Gasteiger charge is -2.38. The van der Waals surface area contributed by atoms with Crippen molar-refractivity contribution in [2.75, 3.05) is 24.5 Å². The fraction of sp³-hybridized carbons (Fsp3) is 0.545. The molecule has 0 unspecified atom stereocenters. The lowest BCUT2D eigenvalue weighted by atomic mass is 10.0. The third-order valence-corrected chi connectivity index (χ3v) is 6.76. The summed E-state index contributed by atoms with van der Waals surface area (Å²) in [5, 5.41) is 9.61. The minimum absolute atomic E-state index is 0.00750. The molecule has 2 atom stereocenters. The van der Waals surface area contributed by atoms with Crippen molar-refractivity contribution in [2.24, 2.45) is 13.0 Å². The van der Waals surface area contributed by atoms with Gasteiger partial charge < -0.3 is 9.64 Å². The van der Waals surface area contributed by atoms with Crippen LogP contribution in [0.15, 0.2) is 9.70 Å². The molecule has 0 spiro atoms. The number of carbonyl (C=O) groups is 1. The van der Waals surface area contributed by atoms with E-state index in [1.54, 1.807) is 24.9 Å². The van der Waals surface area contributed by atoms with Gasteiger partial charge in [-0.25, -0.2) is 0 Å². The summed E-state index contributed by atoms with van der Waals surface area (Å²) in [7, 11) is 1.67. The van der Waals surface area contributed by atoms with Crippen molar-refractivity contribution in [2.45, 2.75) is 46.8 Å². The number of carbonyl (C=O) groups excluding carboxylic acids is 1. The van der Waals surface area contributed by atoms with Crippen LogP contribution < -0.4 is 10.5 Å². The third kappa shape index (κ3) is 4.56. The topological polar surface area (TPSA) is 78.6 Å². The van der Waals surface area contributed by atoms with Gasteiger partial charge in [-0.15, -0.1) is 0 Å². The van der Waals surface area contributed by atoms with Crippen LogP contribution in [-0.4, -0.2) is 51.5 Å². The minimum atomic E-state index is -0.341. The van der Waals surface area contributed by atoms with Gasteiger partial charge in [0, 0.05) is 32.2 Å². The molecule has 0 radical (unpaired) electrons. The smallest absolute Gasteiger partial charge is 0.270 e. The number of hydrogen-bond acceptors (Lipinski definition) is 7. The molecule has 2 fully saturated rings. The highest BCUT2D eigenvalue weighted by Gasteiger charge is 2.34. The molecule has 3 heterocycles. The van der Waals surface area contributed by atoms with Crippen LogP contribution >= 0.6 is 24.0 Å². The highest BCUT2D eigenvalue weighted by atomic mass is 32.2. The number of thiocarbonyl (C=S) groups is 1. The third-order valence-electron chi connectivity index (χ3n) is 5.38. The number of pyridine rings is 1. The second-order valence-electron chi connectivity index (χ2n) is 8.56. The first-order valence-electron chi connectivity index (χ1n) is 10.3. The Bertz CT molecular complexity index is 1040. The van der Waals surface area contributed by atoms with Crippen LogP contribution in [0.25, 0.3) is 6.08 Å². The number of nitriles is 1. The standard InChI is InChI=1S/C22H28N4O3S2/c1-12(2)9-26-21(28)18(31-22(26)30)7-16-15(5)17(8-23)20(27)24(6)19(16)25-10-13(3)29-14(4)11-25/h7,12-14H,9-11H2,1-6H3/b18-7-/t13-,14+. The molecule has 0 aliphatic carbocycles. The van der Waals surface area contributed by atoms with Crippen molar-refractivity contribution < 1.29 is 9.53 Å². The van der Waals surface area contributed by atoms with Gasteiger partial charge in [0.1, 0.15) is 21.8 Å². The number of morpholine rings is 1. The average Bonchev–Trinajstić information content (AvgIpc) is 2.93. The highest BCUT2D eigenvalue weighted by molar-refractivity contribution is 8.26. The lowest BCUT2D eigenvalue weighted by molar-refractivity contribution is -0.122. The van der Waals surface area contributed by atoms with Crippen LogP contribution in [0.5, 0.6) is 0 Å². The van der Waals surface area contributed by atoms with E-state index in [2.05, 4.69) is 4.90 Å². The molecule has 9 heteroatoms. The number of hydrogen-bond donors (Lipinski definition) is 0. The van der Waals surface area contributed by atoms with E-state index in [9.17, 15) is 14.9 Å². The summed E-state index contributed by atoms with van der Waals surface area (Å²) in [6.07, 6.45) is 1.77. The maximum Gasteiger partial charge on any atom is 0.270 e. The fourth-order valence-electron chi connectivity index (χ4n) is 4.10. The predicted molar refractivity (Wildman–Crippen MR) is 128 cm³/mol. The van der Waals surface area contributed by atoms with Crippen LogP contribution in [-0.2, 0) is 16.6 Å². The Morgan fingerprint density at radius 1 is 1.29 bits per heavy atom. The summed E-state index contributed by atoms with van der Waals surface area (Å²) in [5.41, 5.74) is 1.02. The van der Waals surface area contributed by atoms with Gasteiger partial charge in [0.05, 0.1) is 17.1 Å². The van der Waals surface area contributed by atoms with Gasteiger partial charge in [0.15, 0.2) is 0 Å². The molecule has 3 rings (SSSR count). The number of thioether (sulfide) groups is 1. The van der Waals surface area contributed by atoms with Crippen molar-refractivity contribution in [1.29, 1.82) is 5.26 Å². The summed E-state index contributed by atoms with van der Waals surface area (Å²) in [6, 6.07) is 2.04. The Labute approximate surface area is 192 Å². The van der Waals surface area contributed by atoms with E-state index in [-0.39, 0.29) is 29.2 Å². The fourth-order valence-corrected chi connectivity index (χ4v) is 5.36. The van der Waals surface area contributed by atoms with E-state index >= 15 is 0 Å². The molecular weight excluding hydrogens is 432 g/mol. The first-order chi connectivity index (χ1) is 14.5. The van der Waals surface area contributed by atoms with Gasteiger partial charge in [-0.3, -0.25) is 19.1 Å². The van der Waals surface area contributed by atoms with E-state index in [0.29, 0.717) is 51.7 Å². The molecule has 2 aliphatic rings. The van der Waals surface area contributed by atoms with Crippen LogP contribution in [0.1, 0.15) is 44.4 Å². The number of ether oxygens (including phenoxy) is 1. The number of anilines is 1. The normalized spacial score (nSPS) is 23.2. The molecule has 0 aromatic carbocycles. The Kier molecular flexibility index (Phi) is 6.94. The van der Waals surface area contributed by atoms with Crippen molar-refractivity contribution in [3.8, 4) is 6.07 Å². The SMILES string of the molecule is Cc1c(/C=C2\SC(=S)N(CC(C)C)C2=O)c(N2C[C@@H](C)O[C@@H](C)C2)n(C)c(=O)c1C#N. The minimum Gasteiger partial charge on any atom is -0.372 e.